The summed E-state index contributed by atoms with van der Waals surface area (Å²) in [5.41, 5.74) is 1.14. The zero-order chi connectivity index (χ0) is 18.3. The Morgan fingerprint density at radius 2 is 1.88 bits per heavy atom. The number of nitrogens with zero attached hydrogens (tertiary/aromatic N) is 1. The molecule has 1 N–H and O–H groups in total. The van der Waals surface area contributed by atoms with Crippen LogP contribution >= 0.6 is 0 Å². The molecule has 0 radical (unpaired) electrons. The third kappa shape index (κ3) is 5.71. The standard InChI is InChI=1S/C18H28N2O4S/c1-3-14-25(22,23)20-12-9-16(10-13-20)18(21)19-11-8-15-4-6-17(24-2)7-5-15/h4-7,16H,3,8-14H2,1-2H3,(H,19,21). The van der Waals surface area contributed by atoms with Crippen molar-refractivity contribution in [2.24, 2.45) is 5.92 Å². The predicted octanol–water partition coefficient (Wildman–Crippen LogP) is 1.81. The molecule has 0 aliphatic carbocycles. The molecule has 1 aliphatic rings. The van der Waals surface area contributed by atoms with Gasteiger partial charge in [0.05, 0.1) is 12.9 Å². The summed E-state index contributed by atoms with van der Waals surface area (Å²) in [5, 5.41) is 2.97. The predicted molar refractivity (Wildman–Crippen MR) is 98.1 cm³/mol. The normalized spacial score (nSPS) is 16.6. The van der Waals surface area contributed by atoms with E-state index in [1.54, 1.807) is 7.11 Å². The van der Waals surface area contributed by atoms with Crippen LogP contribution in [0.5, 0.6) is 5.75 Å². The molecule has 0 saturated carbocycles. The number of rotatable bonds is 8. The molecule has 6 nitrogen and oxygen atoms in total. The molecule has 1 heterocycles. The monoisotopic (exact) mass is 368 g/mol. The SMILES string of the molecule is CCCS(=O)(=O)N1CCC(C(=O)NCCc2ccc(OC)cc2)CC1. The third-order valence-corrected chi connectivity index (χ3v) is 6.63. The lowest BCUT2D eigenvalue weighted by Gasteiger charge is -2.30. The molecule has 0 atom stereocenters. The number of piperidine rings is 1. The van der Waals surface area contributed by atoms with Gasteiger partial charge in [0.15, 0.2) is 0 Å². The molecule has 0 aromatic heterocycles. The Bertz CT molecular complexity index is 650. The number of carbonyl (C=O) groups excluding carboxylic acids is 1. The topological polar surface area (TPSA) is 75.7 Å². The fourth-order valence-electron chi connectivity index (χ4n) is 3.05. The molecule has 1 aromatic carbocycles. The van der Waals surface area contributed by atoms with Crippen molar-refractivity contribution < 1.29 is 17.9 Å². The molecule has 7 heteroatoms. The van der Waals surface area contributed by atoms with E-state index in [1.165, 1.54) is 4.31 Å². The molecule has 1 aliphatic heterocycles. The van der Waals surface area contributed by atoms with Crippen molar-refractivity contribution in [2.75, 3.05) is 32.5 Å². The van der Waals surface area contributed by atoms with Crippen LogP contribution in [0, 0.1) is 5.92 Å². The van der Waals surface area contributed by atoms with Crippen LogP contribution in [0.1, 0.15) is 31.7 Å². The molecule has 0 spiro atoms. The highest BCUT2D eigenvalue weighted by molar-refractivity contribution is 7.89. The number of amides is 1. The summed E-state index contributed by atoms with van der Waals surface area (Å²) < 4.78 is 30.8. The van der Waals surface area contributed by atoms with Crippen molar-refractivity contribution in [2.45, 2.75) is 32.6 Å². The number of methoxy groups -OCH3 is 1. The van der Waals surface area contributed by atoms with E-state index >= 15 is 0 Å². The first-order valence-electron chi connectivity index (χ1n) is 8.84. The Labute approximate surface area is 150 Å². The average molecular weight is 368 g/mol. The fraction of sp³-hybridized carbons (Fsp3) is 0.611. The highest BCUT2D eigenvalue weighted by atomic mass is 32.2. The number of nitrogens with one attached hydrogen (secondary N) is 1. The van der Waals surface area contributed by atoms with Gasteiger partial charge in [-0.25, -0.2) is 12.7 Å². The number of sulfonamides is 1. The van der Waals surface area contributed by atoms with E-state index in [4.69, 9.17) is 4.74 Å². The number of benzene rings is 1. The maximum atomic E-state index is 12.3. The minimum Gasteiger partial charge on any atom is -0.497 e. The van der Waals surface area contributed by atoms with Crippen LogP contribution in [0.4, 0.5) is 0 Å². The summed E-state index contributed by atoms with van der Waals surface area (Å²) in [6, 6.07) is 7.79. The Balaban J connectivity index is 1.73. The van der Waals surface area contributed by atoms with Crippen LogP contribution < -0.4 is 10.1 Å². The lowest BCUT2D eigenvalue weighted by Crippen LogP contribution is -2.44. The van der Waals surface area contributed by atoms with Gasteiger partial charge in [0.25, 0.3) is 0 Å². The summed E-state index contributed by atoms with van der Waals surface area (Å²) in [6.45, 7) is 3.33. The molecule has 2 rings (SSSR count). The summed E-state index contributed by atoms with van der Waals surface area (Å²) in [6.07, 6.45) is 2.57. The van der Waals surface area contributed by atoms with Gasteiger partial charge in [-0.3, -0.25) is 4.79 Å². The third-order valence-electron chi connectivity index (χ3n) is 4.55. The summed E-state index contributed by atoms with van der Waals surface area (Å²) in [4.78, 5) is 12.3. The van der Waals surface area contributed by atoms with Crippen molar-refractivity contribution in [3.05, 3.63) is 29.8 Å². The molecule has 1 fully saturated rings. The van der Waals surface area contributed by atoms with Gasteiger partial charge in [-0.05, 0) is 43.4 Å². The van der Waals surface area contributed by atoms with E-state index in [-0.39, 0.29) is 17.6 Å². The van der Waals surface area contributed by atoms with E-state index in [1.807, 2.05) is 31.2 Å². The lowest BCUT2D eigenvalue weighted by molar-refractivity contribution is -0.126. The molecule has 1 saturated heterocycles. The zero-order valence-electron chi connectivity index (χ0n) is 15.0. The first-order chi connectivity index (χ1) is 12.0. The van der Waals surface area contributed by atoms with E-state index in [0.717, 1.165) is 17.7 Å². The van der Waals surface area contributed by atoms with E-state index in [9.17, 15) is 13.2 Å². The van der Waals surface area contributed by atoms with Gasteiger partial charge >= 0.3 is 0 Å². The van der Waals surface area contributed by atoms with Crippen molar-refractivity contribution in [3.63, 3.8) is 0 Å². The molecule has 25 heavy (non-hydrogen) atoms. The van der Waals surface area contributed by atoms with Gasteiger partial charge < -0.3 is 10.1 Å². The largest absolute Gasteiger partial charge is 0.497 e. The van der Waals surface area contributed by atoms with Crippen LogP contribution in [0.3, 0.4) is 0 Å². The Kier molecular flexibility index (Phi) is 7.25. The Morgan fingerprint density at radius 1 is 1.24 bits per heavy atom. The molecule has 1 amide bonds. The van der Waals surface area contributed by atoms with Crippen molar-refractivity contribution in [3.8, 4) is 5.75 Å². The van der Waals surface area contributed by atoms with E-state index in [0.29, 0.717) is 38.9 Å². The van der Waals surface area contributed by atoms with Crippen LogP contribution in [-0.4, -0.2) is 51.1 Å². The lowest BCUT2D eigenvalue weighted by atomic mass is 9.97. The first kappa shape index (κ1) is 19.7. The van der Waals surface area contributed by atoms with Gasteiger partial charge in [-0.15, -0.1) is 0 Å². The van der Waals surface area contributed by atoms with Crippen molar-refractivity contribution in [1.82, 2.24) is 9.62 Å². The molecular formula is C18H28N2O4S. The summed E-state index contributed by atoms with van der Waals surface area (Å²) in [7, 11) is -1.52. The molecule has 0 unspecified atom stereocenters. The van der Waals surface area contributed by atoms with E-state index < -0.39 is 10.0 Å². The fourth-order valence-corrected chi connectivity index (χ4v) is 4.59. The van der Waals surface area contributed by atoms with Crippen LogP contribution in [0.15, 0.2) is 24.3 Å². The van der Waals surface area contributed by atoms with Crippen LogP contribution in [0.2, 0.25) is 0 Å². The maximum absolute atomic E-state index is 12.3. The average Bonchev–Trinajstić information content (AvgIpc) is 2.62. The number of hydrogen-bond acceptors (Lipinski definition) is 4. The van der Waals surface area contributed by atoms with Crippen LogP contribution in [-0.2, 0) is 21.2 Å². The smallest absolute Gasteiger partial charge is 0.223 e. The number of carbonyl (C=O) groups is 1. The van der Waals surface area contributed by atoms with Gasteiger partial charge in [-0.2, -0.15) is 0 Å². The number of hydrogen-bond donors (Lipinski definition) is 1. The second kappa shape index (κ2) is 9.20. The maximum Gasteiger partial charge on any atom is 0.223 e. The minimum atomic E-state index is -3.15. The molecular weight excluding hydrogens is 340 g/mol. The second-order valence-electron chi connectivity index (χ2n) is 6.38. The van der Waals surface area contributed by atoms with Gasteiger partial charge in [-0.1, -0.05) is 19.1 Å². The highest BCUT2D eigenvalue weighted by Crippen LogP contribution is 2.20. The highest BCUT2D eigenvalue weighted by Gasteiger charge is 2.30. The van der Waals surface area contributed by atoms with Crippen molar-refractivity contribution in [1.29, 1.82) is 0 Å². The van der Waals surface area contributed by atoms with Crippen molar-refractivity contribution >= 4 is 15.9 Å². The summed E-state index contributed by atoms with van der Waals surface area (Å²) >= 11 is 0. The Morgan fingerprint density at radius 3 is 2.44 bits per heavy atom. The van der Waals surface area contributed by atoms with Gasteiger partial charge in [0, 0.05) is 25.6 Å². The van der Waals surface area contributed by atoms with E-state index in [2.05, 4.69) is 5.32 Å². The number of ether oxygens (including phenoxy) is 1. The molecule has 1 aromatic rings. The molecule has 0 bridgehead atoms. The van der Waals surface area contributed by atoms with Gasteiger partial charge in [0.2, 0.25) is 15.9 Å². The quantitative estimate of drug-likeness (QED) is 0.759. The second-order valence-corrected chi connectivity index (χ2v) is 8.47. The summed E-state index contributed by atoms with van der Waals surface area (Å²) in [5.74, 6) is 0.939. The first-order valence-corrected chi connectivity index (χ1v) is 10.5. The molecule has 140 valence electrons. The minimum absolute atomic E-state index is 0.0288. The zero-order valence-corrected chi connectivity index (χ0v) is 15.8. The van der Waals surface area contributed by atoms with Gasteiger partial charge in [0.1, 0.15) is 5.75 Å². The van der Waals surface area contributed by atoms with Crippen LogP contribution in [0.25, 0.3) is 0 Å². The Hall–Kier alpha value is -1.60.